The average molecular weight is 251 g/mol. The summed E-state index contributed by atoms with van der Waals surface area (Å²) in [5.74, 6) is -0.306. The smallest absolute Gasteiger partial charge is 0.146 e. The van der Waals surface area contributed by atoms with Crippen molar-refractivity contribution in [3.63, 3.8) is 0 Å². The van der Waals surface area contributed by atoms with Crippen LogP contribution in [0.5, 0.6) is 0 Å². The van der Waals surface area contributed by atoms with E-state index in [0.29, 0.717) is 22.1 Å². The summed E-state index contributed by atoms with van der Waals surface area (Å²) >= 11 is 5.79. The second-order valence-corrected chi connectivity index (χ2v) is 4.28. The Hall–Kier alpha value is -1.74. The quantitative estimate of drug-likeness (QED) is 0.787. The van der Waals surface area contributed by atoms with Crippen molar-refractivity contribution < 1.29 is 4.39 Å². The first-order chi connectivity index (χ1) is 8.06. The largest absolute Gasteiger partial charge is 0.397 e. The van der Waals surface area contributed by atoms with E-state index in [1.807, 2.05) is 13.0 Å². The highest BCUT2D eigenvalue weighted by Crippen LogP contribution is 2.27. The maximum atomic E-state index is 13.6. The molecule has 88 valence electrons. The minimum Gasteiger partial charge on any atom is -0.397 e. The molecule has 17 heavy (non-hydrogen) atoms. The van der Waals surface area contributed by atoms with Crippen LogP contribution in [-0.2, 0) is 0 Å². The van der Waals surface area contributed by atoms with Gasteiger partial charge in [-0.05, 0) is 42.8 Å². The first-order valence-electron chi connectivity index (χ1n) is 5.14. The lowest BCUT2D eigenvalue weighted by Crippen LogP contribution is -1.98. The van der Waals surface area contributed by atoms with E-state index in [0.717, 1.165) is 5.56 Å². The molecule has 0 aliphatic rings. The number of hydrogen-bond donors (Lipinski definition) is 2. The van der Waals surface area contributed by atoms with Crippen molar-refractivity contribution in [1.29, 1.82) is 0 Å². The van der Waals surface area contributed by atoms with Gasteiger partial charge in [0.2, 0.25) is 0 Å². The highest BCUT2D eigenvalue weighted by atomic mass is 35.5. The van der Waals surface area contributed by atoms with Gasteiger partial charge in [0.05, 0.1) is 17.1 Å². The maximum Gasteiger partial charge on any atom is 0.146 e. The predicted molar refractivity (Wildman–Crippen MR) is 70.3 cm³/mol. The van der Waals surface area contributed by atoms with Crippen LogP contribution in [0.4, 0.5) is 21.5 Å². The molecule has 2 rings (SSSR count). The van der Waals surface area contributed by atoms with Gasteiger partial charge in [0.15, 0.2) is 0 Å². The van der Waals surface area contributed by atoms with Crippen LogP contribution in [0.15, 0.2) is 36.4 Å². The van der Waals surface area contributed by atoms with Crippen LogP contribution < -0.4 is 11.1 Å². The number of anilines is 3. The van der Waals surface area contributed by atoms with E-state index < -0.39 is 0 Å². The van der Waals surface area contributed by atoms with E-state index in [9.17, 15) is 4.39 Å². The zero-order valence-electron chi connectivity index (χ0n) is 9.30. The highest BCUT2D eigenvalue weighted by Gasteiger charge is 2.05. The number of halogens is 2. The third kappa shape index (κ3) is 2.68. The minimum absolute atomic E-state index is 0.306. The molecule has 0 aliphatic carbocycles. The summed E-state index contributed by atoms with van der Waals surface area (Å²) in [6.07, 6.45) is 0. The van der Waals surface area contributed by atoms with Gasteiger partial charge in [-0.2, -0.15) is 0 Å². The van der Waals surface area contributed by atoms with Crippen LogP contribution in [0.1, 0.15) is 5.56 Å². The van der Waals surface area contributed by atoms with Crippen molar-refractivity contribution in [2.24, 2.45) is 0 Å². The lowest BCUT2D eigenvalue weighted by molar-refractivity contribution is 0.631. The third-order valence-electron chi connectivity index (χ3n) is 2.41. The standard InChI is InChI=1S/C13H12ClFN2/c1-8-2-4-12(10(15)6-8)17-13-5-3-9(14)7-11(13)16/h2-7,17H,16H2,1H3. The van der Waals surface area contributed by atoms with Gasteiger partial charge in [-0.15, -0.1) is 0 Å². The number of nitrogen functional groups attached to an aromatic ring is 1. The first kappa shape index (κ1) is 11.7. The van der Waals surface area contributed by atoms with Crippen molar-refractivity contribution in [2.75, 3.05) is 11.1 Å². The van der Waals surface area contributed by atoms with E-state index in [2.05, 4.69) is 5.32 Å². The van der Waals surface area contributed by atoms with E-state index >= 15 is 0 Å². The molecule has 0 saturated heterocycles. The molecule has 0 fully saturated rings. The lowest BCUT2D eigenvalue weighted by Gasteiger charge is -2.10. The summed E-state index contributed by atoms with van der Waals surface area (Å²) in [6.45, 7) is 1.84. The number of rotatable bonds is 2. The molecule has 0 bridgehead atoms. The minimum atomic E-state index is -0.306. The molecule has 2 nitrogen and oxygen atoms in total. The zero-order valence-corrected chi connectivity index (χ0v) is 10.1. The van der Waals surface area contributed by atoms with Gasteiger partial charge in [0, 0.05) is 5.02 Å². The Balaban J connectivity index is 2.31. The van der Waals surface area contributed by atoms with Crippen molar-refractivity contribution >= 4 is 28.7 Å². The fraction of sp³-hybridized carbons (Fsp3) is 0.0769. The first-order valence-corrected chi connectivity index (χ1v) is 5.52. The normalized spacial score (nSPS) is 10.3. The molecule has 0 atom stereocenters. The number of nitrogens with two attached hydrogens (primary N) is 1. The van der Waals surface area contributed by atoms with E-state index in [-0.39, 0.29) is 5.82 Å². The molecule has 4 heteroatoms. The second-order valence-electron chi connectivity index (χ2n) is 3.84. The summed E-state index contributed by atoms with van der Waals surface area (Å²) < 4.78 is 13.6. The molecular weight excluding hydrogens is 239 g/mol. The van der Waals surface area contributed by atoms with Crippen molar-refractivity contribution in [1.82, 2.24) is 0 Å². The summed E-state index contributed by atoms with van der Waals surface area (Å²) in [5.41, 5.74) is 8.17. The molecule has 0 aliphatic heterocycles. The van der Waals surface area contributed by atoms with Gasteiger partial charge < -0.3 is 11.1 Å². The molecule has 2 aromatic carbocycles. The monoisotopic (exact) mass is 250 g/mol. The SMILES string of the molecule is Cc1ccc(Nc2ccc(Cl)cc2N)c(F)c1. The summed E-state index contributed by atoms with van der Waals surface area (Å²) in [4.78, 5) is 0. The summed E-state index contributed by atoms with van der Waals surface area (Å²) in [6, 6.07) is 10.0. The van der Waals surface area contributed by atoms with Crippen LogP contribution in [0.3, 0.4) is 0 Å². The van der Waals surface area contributed by atoms with E-state index in [1.54, 1.807) is 24.3 Å². The Morgan fingerprint density at radius 2 is 1.82 bits per heavy atom. The number of aryl methyl sites for hydroxylation is 1. The Labute approximate surface area is 104 Å². The lowest BCUT2D eigenvalue weighted by atomic mass is 10.2. The summed E-state index contributed by atoms with van der Waals surface area (Å²) in [7, 11) is 0. The molecule has 0 heterocycles. The van der Waals surface area contributed by atoms with Crippen LogP contribution >= 0.6 is 11.6 Å². The number of benzene rings is 2. The van der Waals surface area contributed by atoms with Crippen LogP contribution in [0, 0.1) is 12.7 Å². The fourth-order valence-corrected chi connectivity index (χ4v) is 1.69. The van der Waals surface area contributed by atoms with E-state index in [1.165, 1.54) is 6.07 Å². The van der Waals surface area contributed by atoms with E-state index in [4.69, 9.17) is 17.3 Å². The van der Waals surface area contributed by atoms with Gasteiger partial charge in [-0.3, -0.25) is 0 Å². The topological polar surface area (TPSA) is 38.0 Å². The Morgan fingerprint density at radius 3 is 2.47 bits per heavy atom. The Bertz CT molecular complexity index is 506. The molecular formula is C13H12ClFN2. The number of hydrogen-bond acceptors (Lipinski definition) is 2. The van der Waals surface area contributed by atoms with Gasteiger partial charge in [0.25, 0.3) is 0 Å². The molecule has 0 saturated carbocycles. The maximum absolute atomic E-state index is 13.6. The Morgan fingerprint density at radius 1 is 1.12 bits per heavy atom. The average Bonchev–Trinajstić information content (AvgIpc) is 2.25. The summed E-state index contributed by atoms with van der Waals surface area (Å²) in [5, 5.41) is 3.49. The third-order valence-corrected chi connectivity index (χ3v) is 2.64. The van der Waals surface area contributed by atoms with Gasteiger partial charge >= 0.3 is 0 Å². The van der Waals surface area contributed by atoms with Crippen molar-refractivity contribution in [2.45, 2.75) is 6.92 Å². The molecule has 0 spiro atoms. The van der Waals surface area contributed by atoms with Gasteiger partial charge in [0.1, 0.15) is 5.82 Å². The molecule has 0 amide bonds. The second kappa shape index (κ2) is 4.63. The zero-order chi connectivity index (χ0) is 12.4. The van der Waals surface area contributed by atoms with Crippen molar-refractivity contribution in [3.05, 3.63) is 52.8 Å². The molecule has 0 aromatic heterocycles. The molecule has 0 radical (unpaired) electrons. The van der Waals surface area contributed by atoms with Gasteiger partial charge in [-0.1, -0.05) is 17.7 Å². The van der Waals surface area contributed by atoms with Crippen LogP contribution in [-0.4, -0.2) is 0 Å². The number of nitrogens with one attached hydrogen (secondary N) is 1. The van der Waals surface area contributed by atoms with Crippen LogP contribution in [0.25, 0.3) is 0 Å². The molecule has 3 N–H and O–H groups in total. The molecule has 0 unspecified atom stereocenters. The molecule has 2 aromatic rings. The van der Waals surface area contributed by atoms with Crippen molar-refractivity contribution in [3.8, 4) is 0 Å². The fourth-order valence-electron chi connectivity index (χ4n) is 1.51. The van der Waals surface area contributed by atoms with Gasteiger partial charge in [-0.25, -0.2) is 4.39 Å². The van der Waals surface area contributed by atoms with Crippen LogP contribution in [0.2, 0.25) is 5.02 Å². The Kier molecular flexibility index (Phi) is 3.20. The highest BCUT2D eigenvalue weighted by molar-refractivity contribution is 6.31. The predicted octanol–water partition coefficient (Wildman–Crippen LogP) is 4.11.